The zero-order valence-corrected chi connectivity index (χ0v) is 12.3. The fraction of sp³-hybridized carbons (Fsp3) is 0.500. The third-order valence-electron chi connectivity index (χ3n) is 2.63. The van der Waals surface area contributed by atoms with Gasteiger partial charge in [0.15, 0.2) is 0 Å². The van der Waals surface area contributed by atoms with E-state index >= 15 is 0 Å². The Morgan fingerprint density at radius 3 is 2.94 bits per heavy atom. The minimum Gasteiger partial charge on any atom is -0.487 e. The predicted octanol–water partition coefficient (Wildman–Crippen LogP) is 3.82. The van der Waals surface area contributed by atoms with Gasteiger partial charge in [0, 0.05) is 21.8 Å². The molecule has 0 N–H and O–H groups in total. The van der Waals surface area contributed by atoms with Crippen molar-refractivity contribution in [2.24, 2.45) is 0 Å². The molecule has 0 spiro atoms. The Labute approximate surface area is 113 Å². The van der Waals surface area contributed by atoms with Gasteiger partial charge in [0.1, 0.15) is 11.9 Å². The van der Waals surface area contributed by atoms with E-state index in [1.165, 1.54) is 5.56 Å². The van der Waals surface area contributed by atoms with Crippen LogP contribution in [0, 0.1) is 6.92 Å². The molecule has 1 heterocycles. The van der Waals surface area contributed by atoms with Crippen LogP contribution in [0.15, 0.2) is 16.6 Å². The summed E-state index contributed by atoms with van der Waals surface area (Å²) in [5, 5.41) is 0.802. The van der Waals surface area contributed by atoms with Gasteiger partial charge in [-0.3, -0.25) is 0 Å². The summed E-state index contributed by atoms with van der Waals surface area (Å²) in [5.74, 6) is 0.996. The van der Waals surface area contributed by atoms with Crippen molar-refractivity contribution in [2.75, 3.05) is 13.2 Å². The van der Waals surface area contributed by atoms with E-state index < -0.39 is 0 Å². The number of ether oxygens (including phenoxy) is 2. The SMILES string of the molecule is Cc1cc(Br)cc(CBr)c1OC1CCOC1. The standard InChI is InChI=1S/C12H14Br2O2/c1-8-4-10(14)5-9(6-13)12(8)16-11-2-3-15-7-11/h4-5,11H,2-3,6-7H2,1H3. The van der Waals surface area contributed by atoms with E-state index in [4.69, 9.17) is 9.47 Å². The van der Waals surface area contributed by atoms with Crippen molar-refractivity contribution in [1.82, 2.24) is 0 Å². The third kappa shape index (κ3) is 2.79. The molecule has 4 heteroatoms. The first-order chi connectivity index (χ1) is 7.70. The van der Waals surface area contributed by atoms with Crippen molar-refractivity contribution in [3.8, 4) is 5.75 Å². The van der Waals surface area contributed by atoms with Gasteiger partial charge >= 0.3 is 0 Å². The van der Waals surface area contributed by atoms with Crippen molar-refractivity contribution in [3.05, 3.63) is 27.7 Å². The molecule has 0 bridgehead atoms. The normalized spacial score (nSPS) is 20.1. The Bertz CT molecular complexity index is 374. The van der Waals surface area contributed by atoms with Crippen LogP contribution in [0.3, 0.4) is 0 Å². The van der Waals surface area contributed by atoms with Gasteiger partial charge in [0.05, 0.1) is 13.2 Å². The molecule has 16 heavy (non-hydrogen) atoms. The van der Waals surface area contributed by atoms with Gasteiger partial charge in [-0.2, -0.15) is 0 Å². The monoisotopic (exact) mass is 348 g/mol. The van der Waals surface area contributed by atoms with Crippen LogP contribution in [0.5, 0.6) is 5.75 Å². The van der Waals surface area contributed by atoms with Crippen molar-refractivity contribution >= 4 is 31.9 Å². The highest BCUT2D eigenvalue weighted by atomic mass is 79.9. The zero-order valence-electron chi connectivity index (χ0n) is 9.13. The second-order valence-electron chi connectivity index (χ2n) is 3.95. The molecule has 0 radical (unpaired) electrons. The summed E-state index contributed by atoms with van der Waals surface area (Å²) >= 11 is 6.99. The predicted molar refractivity (Wildman–Crippen MR) is 71.4 cm³/mol. The van der Waals surface area contributed by atoms with E-state index in [1.807, 2.05) is 0 Å². The highest BCUT2D eigenvalue weighted by molar-refractivity contribution is 9.10. The molecule has 1 aliphatic rings. The molecular weight excluding hydrogens is 336 g/mol. The molecule has 0 aliphatic carbocycles. The number of benzene rings is 1. The summed E-state index contributed by atoms with van der Waals surface area (Å²) in [6.07, 6.45) is 1.19. The molecule has 0 saturated carbocycles. The Kier molecular flexibility index (Phi) is 4.27. The maximum absolute atomic E-state index is 6.01. The Balaban J connectivity index is 2.23. The number of hydrogen-bond donors (Lipinski definition) is 0. The van der Waals surface area contributed by atoms with Gasteiger partial charge in [0.2, 0.25) is 0 Å². The highest BCUT2D eigenvalue weighted by Gasteiger charge is 2.19. The van der Waals surface area contributed by atoms with E-state index in [0.717, 1.165) is 34.1 Å². The number of rotatable bonds is 3. The Morgan fingerprint density at radius 1 is 1.50 bits per heavy atom. The van der Waals surface area contributed by atoms with Gasteiger partial charge < -0.3 is 9.47 Å². The quantitative estimate of drug-likeness (QED) is 0.772. The van der Waals surface area contributed by atoms with Crippen LogP contribution in [-0.4, -0.2) is 19.3 Å². The first-order valence-corrected chi connectivity index (χ1v) is 7.21. The second-order valence-corrected chi connectivity index (χ2v) is 5.42. The lowest BCUT2D eigenvalue weighted by Crippen LogP contribution is -2.17. The van der Waals surface area contributed by atoms with E-state index in [0.29, 0.717) is 6.61 Å². The number of aryl methyl sites for hydroxylation is 1. The molecular formula is C12H14Br2O2. The van der Waals surface area contributed by atoms with Crippen molar-refractivity contribution < 1.29 is 9.47 Å². The summed E-state index contributed by atoms with van der Waals surface area (Å²) in [7, 11) is 0. The van der Waals surface area contributed by atoms with Crippen molar-refractivity contribution in [3.63, 3.8) is 0 Å². The topological polar surface area (TPSA) is 18.5 Å². The number of halogens is 2. The summed E-state index contributed by atoms with van der Waals surface area (Å²) in [6, 6.07) is 4.17. The van der Waals surface area contributed by atoms with Gasteiger partial charge in [-0.05, 0) is 24.6 Å². The average molecular weight is 350 g/mol. The maximum atomic E-state index is 6.01. The molecule has 2 nitrogen and oxygen atoms in total. The summed E-state index contributed by atoms with van der Waals surface area (Å²) in [6.45, 7) is 3.59. The highest BCUT2D eigenvalue weighted by Crippen LogP contribution is 2.31. The molecule has 1 fully saturated rings. The molecule has 1 aromatic rings. The Morgan fingerprint density at radius 2 is 2.31 bits per heavy atom. The van der Waals surface area contributed by atoms with Crippen LogP contribution in [0.2, 0.25) is 0 Å². The lowest BCUT2D eigenvalue weighted by molar-refractivity contribution is 0.140. The van der Waals surface area contributed by atoms with Crippen LogP contribution in [0.1, 0.15) is 17.5 Å². The number of hydrogen-bond acceptors (Lipinski definition) is 2. The van der Waals surface area contributed by atoms with E-state index in [9.17, 15) is 0 Å². The minimum atomic E-state index is 0.206. The van der Waals surface area contributed by atoms with Crippen LogP contribution in [0.25, 0.3) is 0 Å². The van der Waals surface area contributed by atoms with Gasteiger partial charge in [-0.15, -0.1) is 0 Å². The van der Waals surface area contributed by atoms with Gasteiger partial charge in [-0.1, -0.05) is 31.9 Å². The third-order valence-corrected chi connectivity index (χ3v) is 3.69. The largest absolute Gasteiger partial charge is 0.487 e. The molecule has 1 atom stereocenters. The summed E-state index contributed by atoms with van der Waals surface area (Å²) < 4.78 is 12.4. The first-order valence-electron chi connectivity index (χ1n) is 5.30. The smallest absolute Gasteiger partial charge is 0.126 e. The van der Waals surface area contributed by atoms with Crippen molar-refractivity contribution in [2.45, 2.75) is 24.8 Å². The molecule has 1 saturated heterocycles. The molecule has 0 amide bonds. The van der Waals surface area contributed by atoms with E-state index in [1.54, 1.807) is 0 Å². The van der Waals surface area contributed by atoms with Crippen LogP contribution in [0.4, 0.5) is 0 Å². The van der Waals surface area contributed by atoms with E-state index in [2.05, 4.69) is 50.9 Å². The Hall–Kier alpha value is -0.0600. The maximum Gasteiger partial charge on any atom is 0.126 e. The van der Waals surface area contributed by atoms with Crippen LogP contribution < -0.4 is 4.74 Å². The summed E-state index contributed by atoms with van der Waals surface area (Å²) in [5.41, 5.74) is 2.34. The zero-order chi connectivity index (χ0) is 11.5. The molecule has 88 valence electrons. The van der Waals surface area contributed by atoms with Gasteiger partial charge in [0.25, 0.3) is 0 Å². The van der Waals surface area contributed by atoms with Crippen LogP contribution >= 0.6 is 31.9 Å². The molecule has 1 aliphatic heterocycles. The molecule has 1 unspecified atom stereocenters. The molecule has 0 aromatic heterocycles. The van der Waals surface area contributed by atoms with Crippen molar-refractivity contribution in [1.29, 1.82) is 0 Å². The average Bonchev–Trinajstić information content (AvgIpc) is 2.74. The van der Waals surface area contributed by atoms with Gasteiger partial charge in [-0.25, -0.2) is 0 Å². The number of alkyl halides is 1. The minimum absolute atomic E-state index is 0.206. The first kappa shape index (κ1) is 12.4. The van der Waals surface area contributed by atoms with Crippen LogP contribution in [-0.2, 0) is 10.1 Å². The van der Waals surface area contributed by atoms with E-state index in [-0.39, 0.29) is 6.10 Å². The fourth-order valence-electron chi connectivity index (χ4n) is 1.84. The summed E-state index contributed by atoms with van der Waals surface area (Å²) in [4.78, 5) is 0. The lowest BCUT2D eigenvalue weighted by Gasteiger charge is -2.17. The fourth-order valence-corrected chi connectivity index (χ4v) is 2.88. The lowest BCUT2D eigenvalue weighted by atomic mass is 10.1. The molecule has 1 aromatic carbocycles. The second kappa shape index (κ2) is 5.52. The molecule has 2 rings (SSSR count).